The molecule has 0 saturated heterocycles. The molecule has 3 rings (SSSR count). The molecular formula is C13H12Cl3F2N5. The van der Waals surface area contributed by atoms with Gasteiger partial charge in [-0.1, -0.05) is 0 Å². The van der Waals surface area contributed by atoms with E-state index in [4.69, 9.17) is 11.6 Å². The maximum absolute atomic E-state index is 13.9. The van der Waals surface area contributed by atoms with E-state index >= 15 is 0 Å². The Morgan fingerprint density at radius 1 is 1.22 bits per heavy atom. The molecule has 0 aliphatic carbocycles. The van der Waals surface area contributed by atoms with Gasteiger partial charge in [0, 0.05) is 31.5 Å². The second-order valence-corrected chi connectivity index (χ2v) is 4.79. The lowest BCUT2D eigenvalue weighted by Crippen LogP contribution is -2.05. The van der Waals surface area contributed by atoms with Crippen molar-refractivity contribution in [2.45, 2.75) is 6.54 Å². The average molecular weight is 383 g/mol. The Bertz CT molecular complexity index is 825. The van der Waals surface area contributed by atoms with Gasteiger partial charge in [0.15, 0.2) is 5.82 Å². The molecule has 0 spiro atoms. The minimum absolute atomic E-state index is 0. The summed E-state index contributed by atoms with van der Waals surface area (Å²) in [5, 5.41) is 3.09. The molecule has 3 aromatic heterocycles. The zero-order chi connectivity index (χ0) is 15.0. The highest BCUT2D eigenvalue weighted by Crippen LogP contribution is 2.26. The van der Waals surface area contributed by atoms with Gasteiger partial charge in [0.05, 0.1) is 11.6 Å². The highest BCUT2D eigenvalue weighted by Gasteiger charge is 2.15. The first-order valence-corrected chi connectivity index (χ1v) is 6.44. The third-order valence-electron chi connectivity index (χ3n) is 3.05. The van der Waals surface area contributed by atoms with Crippen LogP contribution < -0.4 is 5.32 Å². The van der Waals surface area contributed by atoms with Gasteiger partial charge < -0.3 is 9.88 Å². The van der Waals surface area contributed by atoms with E-state index in [2.05, 4.69) is 20.3 Å². The van der Waals surface area contributed by atoms with E-state index in [1.807, 2.05) is 0 Å². The SMILES string of the molecule is Cl.Cl.Cn1cc(F)c2c(NCc3ccncc3F)nc(Cl)nc21. The van der Waals surface area contributed by atoms with Crippen molar-refractivity contribution >= 4 is 53.3 Å². The summed E-state index contributed by atoms with van der Waals surface area (Å²) < 4.78 is 29.0. The Morgan fingerprint density at radius 3 is 2.65 bits per heavy atom. The van der Waals surface area contributed by atoms with Gasteiger partial charge in [-0.15, -0.1) is 24.8 Å². The maximum atomic E-state index is 13.9. The van der Waals surface area contributed by atoms with Gasteiger partial charge in [0.2, 0.25) is 5.28 Å². The predicted octanol–water partition coefficient (Wildman–Crippen LogP) is 3.75. The lowest BCUT2D eigenvalue weighted by molar-refractivity contribution is 0.606. The summed E-state index contributed by atoms with van der Waals surface area (Å²) in [5.41, 5.74) is 0.759. The molecule has 1 N–H and O–H groups in total. The first-order valence-electron chi connectivity index (χ1n) is 6.06. The number of halogens is 5. The van der Waals surface area contributed by atoms with Crippen molar-refractivity contribution in [3.8, 4) is 0 Å². The van der Waals surface area contributed by atoms with Crippen LogP contribution in [0.2, 0.25) is 5.28 Å². The van der Waals surface area contributed by atoms with E-state index in [-0.39, 0.29) is 47.8 Å². The number of aromatic nitrogens is 4. The van der Waals surface area contributed by atoms with Gasteiger partial charge in [-0.25, -0.2) is 8.78 Å². The van der Waals surface area contributed by atoms with E-state index in [1.165, 1.54) is 23.0 Å². The Hall–Kier alpha value is -1.70. The van der Waals surface area contributed by atoms with Crippen LogP contribution in [0.15, 0.2) is 24.7 Å². The van der Waals surface area contributed by atoms with Gasteiger partial charge in [0.25, 0.3) is 0 Å². The van der Waals surface area contributed by atoms with Crippen LogP contribution in [-0.4, -0.2) is 19.5 Å². The number of rotatable bonds is 3. The lowest BCUT2D eigenvalue weighted by atomic mass is 10.2. The number of aryl methyl sites for hydroxylation is 1. The second kappa shape index (κ2) is 7.72. The normalized spacial score (nSPS) is 10.1. The van der Waals surface area contributed by atoms with Crippen LogP contribution in [0.25, 0.3) is 11.0 Å². The molecule has 0 amide bonds. The summed E-state index contributed by atoms with van der Waals surface area (Å²) in [5.74, 6) is -0.698. The Morgan fingerprint density at radius 2 is 1.96 bits per heavy atom. The summed E-state index contributed by atoms with van der Waals surface area (Å²) in [6, 6.07) is 1.53. The standard InChI is InChI=1S/C13H10ClF2N5.2ClH/c1-21-6-9(16)10-11(19-13(14)20-12(10)21)18-4-7-2-3-17-5-8(7)15;;/h2-3,5-6H,4H2,1H3,(H,18,19,20);2*1H. The molecule has 0 radical (unpaired) electrons. The minimum Gasteiger partial charge on any atom is -0.365 e. The smallest absolute Gasteiger partial charge is 0.226 e. The average Bonchev–Trinajstić information content (AvgIpc) is 2.72. The molecule has 0 unspecified atom stereocenters. The van der Waals surface area contributed by atoms with Crippen LogP contribution in [0.5, 0.6) is 0 Å². The molecule has 0 bridgehead atoms. The molecule has 3 heterocycles. The van der Waals surface area contributed by atoms with E-state index in [1.54, 1.807) is 7.05 Å². The fourth-order valence-electron chi connectivity index (χ4n) is 2.05. The highest BCUT2D eigenvalue weighted by molar-refractivity contribution is 6.28. The number of pyridine rings is 1. The lowest BCUT2D eigenvalue weighted by Gasteiger charge is -2.08. The first kappa shape index (κ1) is 19.3. The number of nitrogens with one attached hydrogen (secondary N) is 1. The molecule has 0 aliphatic heterocycles. The molecule has 23 heavy (non-hydrogen) atoms. The predicted molar refractivity (Wildman–Crippen MR) is 89.5 cm³/mol. The first-order chi connectivity index (χ1) is 10.1. The van der Waals surface area contributed by atoms with Gasteiger partial charge in [-0.2, -0.15) is 9.97 Å². The molecular weight excluding hydrogens is 371 g/mol. The minimum atomic E-state index is -0.470. The van der Waals surface area contributed by atoms with Gasteiger partial charge in [-0.05, 0) is 17.7 Å². The van der Waals surface area contributed by atoms with Crippen LogP contribution in [0.1, 0.15) is 5.56 Å². The van der Waals surface area contributed by atoms with Crippen LogP contribution in [0.4, 0.5) is 14.6 Å². The summed E-state index contributed by atoms with van der Waals surface area (Å²) in [4.78, 5) is 11.6. The van der Waals surface area contributed by atoms with Crippen molar-refractivity contribution in [3.63, 3.8) is 0 Å². The summed E-state index contributed by atoms with van der Waals surface area (Å²) in [6.07, 6.45) is 3.88. The van der Waals surface area contributed by atoms with Gasteiger partial charge in [0.1, 0.15) is 17.3 Å². The molecule has 10 heteroatoms. The summed E-state index contributed by atoms with van der Waals surface area (Å²) >= 11 is 5.84. The number of nitrogens with zero attached hydrogens (tertiary/aromatic N) is 4. The monoisotopic (exact) mass is 381 g/mol. The molecule has 0 atom stereocenters. The summed E-state index contributed by atoms with van der Waals surface area (Å²) in [6.45, 7) is 0.130. The Balaban J connectivity index is 0.00000132. The molecule has 124 valence electrons. The Labute approximate surface area is 147 Å². The van der Waals surface area contributed by atoms with Crippen molar-refractivity contribution in [1.29, 1.82) is 0 Å². The van der Waals surface area contributed by atoms with Crippen LogP contribution in [0.3, 0.4) is 0 Å². The van der Waals surface area contributed by atoms with E-state index < -0.39 is 11.6 Å². The van der Waals surface area contributed by atoms with Crippen molar-refractivity contribution in [2.75, 3.05) is 5.32 Å². The highest BCUT2D eigenvalue weighted by atomic mass is 35.5. The van der Waals surface area contributed by atoms with Crippen LogP contribution >= 0.6 is 36.4 Å². The van der Waals surface area contributed by atoms with E-state index in [9.17, 15) is 8.78 Å². The number of anilines is 1. The van der Waals surface area contributed by atoms with Crippen molar-refractivity contribution < 1.29 is 8.78 Å². The molecule has 0 aromatic carbocycles. The van der Waals surface area contributed by atoms with Crippen molar-refractivity contribution in [3.05, 3.63) is 47.1 Å². The molecule has 0 saturated carbocycles. The number of fused-ring (bicyclic) bond motifs is 1. The largest absolute Gasteiger partial charge is 0.365 e. The number of hydrogen-bond donors (Lipinski definition) is 1. The molecule has 0 fully saturated rings. The van der Waals surface area contributed by atoms with E-state index in [0.717, 1.165) is 6.20 Å². The van der Waals surface area contributed by atoms with E-state index in [0.29, 0.717) is 11.2 Å². The van der Waals surface area contributed by atoms with Crippen LogP contribution in [0, 0.1) is 11.6 Å². The summed E-state index contributed by atoms with van der Waals surface area (Å²) in [7, 11) is 1.65. The quantitative estimate of drug-likeness (QED) is 0.701. The topological polar surface area (TPSA) is 55.6 Å². The second-order valence-electron chi connectivity index (χ2n) is 4.45. The third kappa shape index (κ3) is 3.80. The fourth-order valence-corrected chi connectivity index (χ4v) is 2.21. The van der Waals surface area contributed by atoms with Gasteiger partial charge >= 0.3 is 0 Å². The van der Waals surface area contributed by atoms with Crippen molar-refractivity contribution in [2.24, 2.45) is 7.05 Å². The maximum Gasteiger partial charge on any atom is 0.226 e. The van der Waals surface area contributed by atoms with Crippen molar-refractivity contribution in [1.82, 2.24) is 19.5 Å². The molecule has 0 aliphatic rings. The zero-order valence-corrected chi connectivity index (χ0v) is 14.1. The Kier molecular flexibility index (Phi) is 6.49. The third-order valence-corrected chi connectivity index (χ3v) is 3.21. The van der Waals surface area contributed by atoms with Gasteiger partial charge in [-0.3, -0.25) is 4.98 Å². The fraction of sp³-hybridized carbons (Fsp3) is 0.154. The molecule has 5 nitrogen and oxygen atoms in total. The number of hydrogen-bond acceptors (Lipinski definition) is 4. The van der Waals surface area contributed by atoms with Crippen LogP contribution in [-0.2, 0) is 13.6 Å². The zero-order valence-electron chi connectivity index (χ0n) is 11.8. The molecule has 3 aromatic rings.